The highest BCUT2D eigenvalue weighted by Crippen LogP contribution is 2.20. The van der Waals surface area contributed by atoms with Crippen LogP contribution in [0, 0.1) is 6.92 Å². The summed E-state index contributed by atoms with van der Waals surface area (Å²) in [5.74, 6) is 0.0650. The quantitative estimate of drug-likeness (QED) is 0.838. The van der Waals surface area contributed by atoms with Crippen molar-refractivity contribution < 1.29 is 4.79 Å². The van der Waals surface area contributed by atoms with E-state index in [2.05, 4.69) is 17.6 Å². The fourth-order valence-electron chi connectivity index (χ4n) is 2.05. The van der Waals surface area contributed by atoms with E-state index in [0.29, 0.717) is 6.04 Å². The molecule has 1 fully saturated rings. The summed E-state index contributed by atoms with van der Waals surface area (Å²) in [6.45, 7) is 4.94. The van der Waals surface area contributed by atoms with Crippen molar-refractivity contribution in [2.24, 2.45) is 0 Å². The number of rotatable bonds is 4. The first kappa shape index (κ1) is 12.0. The van der Waals surface area contributed by atoms with Crippen molar-refractivity contribution in [1.29, 1.82) is 0 Å². The second-order valence-electron chi connectivity index (χ2n) is 4.66. The summed E-state index contributed by atoms with van der Waals surface area (Å²) in [6, 6.07) is 6.29. The van der Waals surface area contributed by atoms with Gasteiger partial charge in [0.25, 0.3) is 5.91 Å². The van der Waals surface area contributed by atoms with Gasteiger partial charge in [0.1, 0.15) is 0 Å². The van der Waals surface area contributed by atoms with Gasteiger partial charge in [0, 0.05) is 23.8 Å². The molecule has 0 atom stereocenters. The Morgan fingerprint density at radius 2 is 2.18 bits per heavy atom. The minimum Gasteiger partial charge on any atom is -0.385 e. The van der Waals surface area contributed by atoms with Crippen LogP contribution in [-0.2, 0) is 0 Å². The predicted molar refractivity (Wildman–Crippen MR) is 70.4 cm³/mol. The maximum absolute atomic E-state index is 12.0. The monoisotopic (exact) mass is 232 g/mol. The zero-order valence-electron chi connectivity index (χ0n) is 10.5. The fraction of sp³-hybridized carbons (Fsp3) is 0.500. The van der Waals surface area contributed by atoms with Crippen LogP contribution in [0.25, 0.3) is 0 Å². The summed E-state index contributed by atoms with van der Waals surface area (Å²) in [5, 5.41) is 6.31. The molecule has 1 aliphatic rings. The molecule has 17 heavy (non-hydrogen) atoms. The van der Waals surface area contributed by atoms with Gasteiger partial charge in [-0.1, -0.05) is 0 Å². The zero-order valence-corrected chi connectivity index (χ0v) is 10.5. The van der Waals surface area contributed by atoms with E-state index in [4.69, 9.17) is 0 Å². The third kappa shape index (κ3) is 2.78. The Labute approximate surface area is 103 Å². The van der Waals surface area contributed by atoms with E-state index < -0.39 is 0 Å². The number of benzene rings is 1. The van der Waals surface area contributed by atoms with Gasteiger partial charge in [-0.2, -0.15) is 0 Å². The van der Waals surface area contributed by atoms with Gasteiger partial charge in [-0.15, -0.1) is 0 Å². The molecule has 1 saturated carbocycles. The maximum atomic E-state index is 12.0. The number of hydrogen-bond donors (Lipinski definition) is 2. The highest BCUT2D eigenvalue weighted by molar-refractivity contribution is 5.96. The van der Waals surface area contributed by atoms with Crippen LogP contribution in [0.2, 0.25) is 0 Å². The molecule has 2 N–H and O–H groups in total. The van der Waals surface area contributed by atoms with Crippen LogP contribution >= 0.6 is 0 Å². The fourth-order valence-corrected chi connectivity index (χ4v) is 2.05. The van der Waals surface area contributed by atoms with Gasteiger partial charge >= 0.3 is 0 Å². The summed E-state index contributed by atoms with van der Waals surface area (Å²) < 4.78 is 0. The van der Waals surface area contributed by atoms with Gasteiger partial charge in [-0.25, -0.2) is 0 Å². The second-order valence-corrected chi connectivity index (χ2v) is 4.66. The zero-order chi connectivity index (χ0) is 12.3. The Morgan fingerprint density at radius 1 is 1.41 bits per heavy atom. The molecule has 0 aliphatic heterocycles. The number of anilines is 1. The van der Waals surface area contributed by atoms with Crippen LogP contribution in [0.15, 0.2) is 18.2 Å². The smallest absolute Gasteiger partial charge is 0.251 e. The number of hydrogen-bond acceptors (Lipinski definition) is 2. The molecule has 1 amide bonds. The highest BCUT2D eigenvalue weighted by Gasteiger charge is 2.20. The molecule has 0 aromatic heterocycles. The molecule has 0 radical (unpaired) electrons. The normalized spacial score (nSPS) is 15.2. The van der Waals surface area contributed by atoms with Crippen molar-refractivity contribution in [2.75, 3.05) is 11.9 Å². The molecule has 2 rings (SSSR count). The van der Waals surface area contributed by atoms with Crippen molar-refractivity contribution >= 4 is 11.6 Å². The van der Waals surface area contributed by atoms with Crippen LogP contribution in [-0.4, -0.2) is 18.5 Å². The van der Waals surface area contributed by atoms with E-state index in [0.717, 1.165) is 36.2 Å². The molecule has 1 aromatic rings. The van der Waals surface area contributed by atoms with Crippen LogP contribution < -0.4 is 10.6 Å². The molecule has 1 aliphatic carbocycles. The minimum atomic E-state index is 0.0650. The Balaban J connectivity index is 2.06. The third-order valence-electron chi connectivity index (χ3n) is 3.29. The molecule has 0 spiro atoms. The van der Waals surface area contributed by atoms with E-state index in [9.17, 15) is 4.79 Å². The number of aryl methyl sites for hydroxylation is 1. The van der Waals surface area contributed by atoms with Crippen LogP contribution in [0.4, 0.5) is 5.69 Å². The Bertz CT molecular complexity index is 411. The van der Waals surface area contributed by atoms with Gasteiger partial charge in [0.15, 0.2) is 0 Å². The van der Waals surface area contributed by atoms with Crippen molar-refractivity contribution in [2.45, 2.75) is 39.2 Å². The van der Waals surface area contributed by atoms with E-state index in [1.807, 2.05) is 25.1 Å². The van der Waals surface area contributed by atoms with Gasteiger partial charge in [-0.3, -0.25) is 4.79 Å². The standard InChI is InChI=1S/C14H20N2O/c1-3-15-12-7-8-13(10(2)9-12)14(17)16-11-5-4-6-11/h7-9,11,15H,3-6H2,1-2H3,(H,16,17). The van der Waals surface area contributed by atoms with E-state index >= 15 is 0 Å². The van der Waals surface area contributed by atoms with Gasteiger partial charge in [-0.05, 0) is 56.9 Å². The molecule has 92 valence electrons. The number of nitrogens with one attached hydrogen (secondary N) is 2. The lowest BCUT2D eigenvalue weighted by atomic mass is 9.92. The molecule has 0 bridgehead atoms. The average molecular weight is 232 g/mol. The lowest BCUT2D eigenvalue weighted by Gasteiger charge is -2.26. The van der Waals surface area contributed by atoms with Crippen LogP contribution in [0.5, 0.6) is 0 Å². The van der Waals surface area contributed by atoms with Crippen LogP contribution in [0.3, 0.4) is 0 Å². The lowest BCUT2D eigenvalue weighted by molar-refractivity contribution is 0.0916. The molecule has 0 saturated heterocycles. The Kier molecular flexibility index (Phi) is 3.67. The summed E-state index contributed by atoms with van der Waals surface area (Å²) in [4.78, 5) is 12.0. The Hall–Kier alpha value is -1.51. The summed E-state index contributed by atoms with van der Waals surface area (Å²) in [5.41, 5.74) is 2.89. The molecule has 3 heteroatoms. The minimum absolute atomic E-state index is 0.0650. The molecule has 0 heterocycles. The lowest BCUT2D eigenvalue weighted by Crippen LogP contribution is -2.39. The Morgan fingerprint density at radius 3 is 2.71 bits per heavy atom. The second kappa shape index (κ2) is 5.21. The predicted octanol–water partition coefficient (Wildman–Crippen LogP) is 2.71. The molecule has 3 nitrogen and oxygen atoms in total. The molecular weight excluding hydrogens is 212 g/mol. The van der Waals surface area contributed by atoms with Gasteiger partial charge in [0.2, 0.25) is 0 Å². The maximum Gasteiger partial charge on any atom is 0.251 e. The average Bonchev–Trinajstić information content (AvgIpc) is 2.24. The van der Waals surface area contributed by atoms with E-state index in [1.165, 1.54) is 6.42 Å². The van der Waals surface area contributed by atoms with Crippen molar-refractivity contribution in [3.63, 3.8) is 0 Å². The summed E-state index contributed by atoms with van der Waals surface area (Å²) in [7, 11) is 0. The first-order valence-corrected chi connectivity index (χ1v) is 6.36. The summed E-state index contributed by atoms with van der Waals surface area (Å²) >= 11 is 0. The van der Waals surface area contributed by atoms with E-state index in [1.54, 1.807) is 0 Å². The van der Waals surface area contributed by atoms with E-state index in [-0.39, 0.29) is 5.91 Å². The number of carbonyl (C=O) groups is 1. The number of amides is 1. The first-order valence-electron chi connectivity index (χ1n) is 6.36. The molecular formula is C14H20N2O. The summed E-state index contributed by atoms with van der Waals surface area (Å²) in [6.07, 6.45) is 3.49. The topological polar surface area (TPSA) is 41.1 Å². The third-order valence-corrected chi connectivity index (χ3v) is 3.29. The van der Waals surface area contributed by atoms with Crippen LogP contribution in [0.1, 0.15) is 42.1 Å². The van der Waals surface area contributed by atoms with Crippen molar-refractivity contribution in [3.8, 4) is 0 Å². The van der Waals surface area contributed by atoms with Gasteiger partial charge < -0.3 is 10.6 Å². The number of carbonyl (C=O) groups excluding carboxylic acids is 1. The highest BCUT2D eigenvalue weighted by atomic mass is 16.1. The van der Waals surface area contributed by atoms with Crippen molar-refractivity contribution in [3.05, 3.63) is 29.3 Å². The largest absolute Gasteiger partial charge is 0.385 e. The SMILES string of the molecule is CCNc1ccc(C(=O)NC2CCC2)c(C)c1. The van der Waals surface area contributed by atoms with Crippen molar-refractivity contribution in [1.82, 2.24) is 5.32 Å². The first-order chi connectivity index (χ1) is 8.20. The van der Waals surface area contributed by atoms with Gasteiger partial charge in [0.05, 0.1) is 0 Å². The molecule has 0 unspecified atom stereocenters. The molecule has 1 aromatic carbocycles.